The van der Waals surface area contributed by atoms with E-state index >= 15 is 0 Å². The average Bonchev–Trinajstić information content (AvgIpc) is 2.90. The van der Waals surface area contributed by atoms with Gasteiger partial charge in [-0.25, -0.2) is 0 Å². The normalized spacial score (nSPS) is 18.7. The van der Waals surface area contributed by atoms with Crippen LogP contribution in [0.3, 0.4) is 0 Å². The summed E-state index contributed by atoms with van der Waals surface area (Å²) in [4.78, 5) is 38.9. The standard InChI is InChI=1S/C20H23N3O5/c1-3-17-13(2)19(26)23(20(17)27)11-16(24)10-21-14-4-6-15(7-5-14)22-8-9-28-12-18(22)25/h3-7,16,21,24H,1,8-12H2,2H3. The number of hydrogen-bond acceptors (Lipinski definition) is 6. The van der Waals surface area contributed by atoms with Gasteiger partial charge in [0.2, 0.25) is 0 Å². The van der Waals surface area contributed by atoms with E-state index in [9.17, 15) is 19.5 Å². The van der Waals surface area contributed by atoms with Gasteiger partial charge in [-0.15, -0.1) is 0 Å². The van der Waals surface area contributed by atoms with Crippen LogP contribution in [-0.4, -0.2) is 66.7 Å². The highest BCUT2D eigenvalue weighted by Crippen LogP contribution is 2.22. The predicted molar refractivity (Wildman–Crippen MR) is 104 cm³/mol. The number of carbonyl (C=O) groups is 3. The molecule has 3 rings (SSSR count). The molecule has 2 N–H and O–H groups in total. The molecule has 2 aliphatic heterocycles. The maximum Gasteiger partial charge on any atom is 0.261 e. The first kappa shape index (κ1) is 19.8. The Balaban J connectivity index is 1.53. The van der Waals surface area contributed by atoms with Crippen molar-refractivity contribution in [1.82, 2.24) is 4.90 Å². The maximum atomic E-state index is 12.2. The molecule has 0 spiro atoms. The van der Waals surface area contributed by atoms with Crippen LogP contribution in [0.15, 0.2) is 48.1 Å². The average molecular weight is 385 g/mol. The highest BCUT2D eigenvalue weighted by atomic mass is 16.5. The van der Waals surface area contributed by atoms with Gasteiger partial charge in [0.25, 0.3) is 17.7 Å². The number of nitrogens with one attached hydrogen (secondary N) is 1. The van der Waals surface area contributed by atoms with E-state index in [0.29, 0.717) is 18.7 Å². The van der Waals surface area contributed by atoms with Crippen LogP contribution < -0.4 is 10.2 Å². The number of ether oxygens (including phenoxy) is 1. The predicted octanol–water partition coefficient (Wildman–Crippen LogP) is 0.694. The van der Waals surface area contributed by atoms with Crippen molar-refractivity contribution in [3.05, 3.63) is 48.1 Å². The molecular formula is C20H23N3O5. The third kappa shape index (κ3) is 3.97. The summed E-state index contributed by atoms with van der Waals surface area (Å²) in [7, 11) is 0. The lowest BCUT2D eigenvalue weighted by molar-refractivity contribution is -0.139. The number of aliphatic hydroxyl groups is 1. The van der Waals surface area contributed by atoms with Crippen molar-refractivity contribution in [2.75, 3.05) is 43.1 Å². The van der Waals surface area contributed by atoms with E-state index in [-0.39, 0.29) is 31.2 Å². The summed E-state index contributed by atoms with van der Waals surface area (Å²) in [5, 5.41) is 13.3. The number of carbonyl (C=O) groups excluding carboxylic acids is 3. The molecule has 1 aromatic rings. The number of rotatable bonds is 7. The van der Waals surface area contributed by atoms with Gasteiger partial charge in [0.1, 0.15) is 6.61 Å². The van der Waals surface area contributed by atoms with E-state index in [1.165, 1.54) is 6.08 Å². The Hall–Kier alpha value is -2.97. The Morgan fingerprint density at radius 1 is 1.25 bits per heavy atom. The number of amides is 3. The van der Waals surface area contributed by atoms with Crippen molar-refractivity contribution >= 4 is 29.1 Å². The van der Waals surface area contributed by atoms with Crippen LogP contribution in [0.5, 0.6) is 0 Å². The summed E-state index contributed by atoms with van der Waals surface area (Å²) in [6.45, 7) is 6.30. The molecule has 1 unspecified atom stereocenters. The highest BCUT2D eigenvalue weighted by Gasteiger charge is 2.35. The molecule has 148 valence electrons. The molecule has 0 bridgehead atoms. The van der Waals surface area contributed by atoms with Crippen molar-refractivity contribution < 1.29 is 24.2 Å². The molecule has 2 heterocycles. The number of imide groups is 1. The molecule has 3 amide bonds. The number of hydrogen-bond donors (Lipinski definition) is 2. The lowest BCUT2D eigenvalue weighted by atomic mass is 10.2. The molecule has 1 atom stereocenters. The highest BCUT2D eigenvalue weighted by molar-refractivity contribution is 6.20. The fraction of sp³-hybridized carbons (Fsp3) is 0.350. The fourth-order valence-corrected chi connectivity index (χ4v) is 3.18. The second-order valence-electron chi connectivity index (χ2n) is 6.64. The zero-order chi connectivity index (χ0) is 20.3. The Bertz CT molecular complexity index is 831. The van der Waals surface area contributed by atoms with Gasteiger partial charge in [-0.3, -0.25) is 19.3 Å². The number of morpholine rings is 1. The fourth-order valence-electron chi connectivity index (χ4n) is 3.18. The summed E-state index contributed by atoms with van der Waals surface area (Å²) in [6, 6.07) is 7.24. The third-order valence-corrected chi connectivity index (χ3v) is 4.75. The second kappa shape index (κ2) is 8.37. The topological polar surface area (TPSA) is 99.2 Å². The maximum absolute atomic E-state index is 12.2. The van der Waals surface area contributed by atoms with E-state index < -0.39 is 17.9 Å². The number of β-amino-alcohol motifs (C(OH)–C–C–N with tert-alkyl or cyclic N) is 1. The quantitative estimate of drug-likeness (QED) is 0.670. The molecule has 0 radical (unpaired) electrons. The van der Waals surface area contributed by atoms with Gasteiger partial charge in [-0.05, 0) is 31.2 Å². The minimum atomic E-state index is -0.926. The summed E-state index contributed by atoms with van der Waals surface area (Å²) in [6.07, 6.45) is 0.436. The lowest BCUT2D eigenvalue weighted by Gasteiger charge is -2.27. The smallest absolute Gasteiger partial charge is 0.261 e. The van der Waals surface area contributed by atoms with E-state index in [4.69, 9.17) is 4.74 Å². The molecule has 28 heavy (non-hydrogen) atoms. The van der Waals surface area contributed by atoms with Crippen LogP contribution >= 0.6 is 0 Å². The molecule has 1 fully saturated rings. The van der Waals surface area contributed by atoms with Crippen LogP contribution in [-0.2, 0) is 19.1 Å². The number of anilines is 2. The molecule has 1 aromatic carbocycles. The number of nitrogens with zero attached hydrogens (tertiary/aromatic N) is 2. The Labute approximate surface area is 163 Å². The first-order valence-electron chi connectivity index (χ1n) is 9.02. The van der Waals surface area contributed by atoms with Crippen LogP contribution in [0.2, 0.25) is 0 Å². The van der Waals surface area contributed by atoms with E-state index in [1.54, 1.807) is 24.0 Å². The van der Waals surface area contributed by atoms with Crippen LogP contribution in [0.25, 0.3) is 0 Å². The molecule has 0 aromatic heterocycles. The minimum absolute atomic E-state index is 0.0786. The SMILES string of the molecule is C=CC1=C(C)C(=O)N(CC(O)CNc2ccc(N3CCOCC3=O)cc2)C1=O. The van der Waals surface area contributed by atoms with Crippen molar-refractivity contribution in [3.63, 3.8) is 0 Å². The van der Waals surface area contributed by atoms with Gasteiger partial charge in [0.05, 0.1) is 19.3 Å². The third-order valence-electron chi connectivity index (χ3n) is 4.75. The van der Waals surface area contributed by atoms with Crippen molar-refractivity contribution in [3.8, 4) is 0 Å². The molecule has 8 heteroatoms. The minimum Gasteiger partial charge on any atom is -0.389 e. The molecule has 1 saturated heterocycles. The van der Waals surface area contributed by atoms with E-state index in [1.807, 2.05) is 12.1 Å². The van der Waals surface area contributed by atoms with E-state index in [0.717, 1.165) is 16.3 Å². The monoisotopic (exact) mass is 385 g/mol. The van der Waals surface area contributed by atoms with Gasteiger partial charge >= 0.3 is 0 Å². The Morgan fingerprint density at radius 3 is 2.57 bits per heavy atom. The molecule has 0 aliphatic carbocycles. The number of benzene rings is 1. The zero-order valence-electron chi connectivity index (χ0n) is 15.7. The molecule has 2 aliphatic rings. The molecule has 0 saturated carbocycles. The van der Waals surface area contributed by atoms with Crippen LogP contribution in [0.1, 0.15) is 6.92 Å². The van der Waals surface area contributed by atoms with Gasteiger partial charge in [-0.1, -0.05) is 12.7 Å². The summed E-state index contributed by atoms with van der Waals surface area (Å²) >= 11 is 0. The molecule has 8 nitrogen and oxygen atoms in total. The Kier molecular flexibility index (Phi) is 5.91. The first-order chi connectivity index (χ1) is 13.4. The van der Waals surface area contributed by atoms with Gasteiger partial charge in [0, 0.05) is 35.6 Å². The van der Waals surface area contributed by atoms with Gasteiger partial charge in [-0.2, -0.15) is 0 Å². The van der Waals surface area contributed by atoms with Crippen molar-refractivity contribution in [2.24, 2.45) is 0 Å². The van der Waals surface area contributed by atoms with E-state index in [2.05, 4.69) is 11.9 Å². The zero-order valence-corrected chi connectivity index (χ0v) is 15.7. The Morgan fingerprint density at radius 2 is 1.96 bits per heavy atom. The summed E-state index contributed by atoms with van der Waals surface area (Å²) in [5.74, 6) is -0.917. The van der Waals surface area contributed by atoms with Crippen LogP contribution in [0, 0.1) is 0 Å². The second-order valence-corrected chi connectivity index (χ2v) is 6.64. The van der Waals surface area contributed by atoms with Crippen LogP contribution in [0.4, 0.5) is 11.4 Å². The first-order valence-corrected chi connectivity index (χ1v) is 9.02. The summed E-state index contributed by atoms with van der Waals surface area (Å²) in [5.41, 5.74) is 2.15. The van der Waals surface area contributed by atoms with Gasteiger partial charge in [0.15, 0.2) is 0 Å². The van der Waals surface area contributed by atoms with Gasteiger partial charge < -0.3 is 20.1 Å². The summed E-state index contributed by atoms with van der Waals surface area (Å²) < 4.78 is 5.12. The largest absolute Gasteiger partial charge is 0.389 e. The number of aliphatic hydroxyl groups excluding tert-OH is 1. The van der Waals surface area contributed by atoms with Crippen molar-refractivity contribution in [2.45, 2.75) is 13.0 Å². The lowest BCUT2D eigenvalue weighted by Crippen LogP contribution is -2.41. The van der Waals surface area contributed by atoms with Crippen molar-refractivity contribution in [1.29, 1.82) is 0 Å². The molecular weight excluding hydrogens is 362 g/mol.